The van der Waals surface area contributed by atoms with Crippen molar-refractivity contribution in [1.29, 1.82) is 0 Å². The molecule has 0 aliphatic heterocycles. The number of carbonyl (C=O) groups excluding carboxylic acids is 1. The van der Waals surface area contributed by atoms with E-state index in [1.165, 1.54) is 0 Å². The zero-order valence-corrected chi connectivity index (χ0v) is 13.7. The Hall–Kier alpha value is -2.43. The molecule has 2 aromatic rings. The minimum absolute atomic E-state index is 0.175. The molecule has 1 N–H and O–H groups in total. The zero-order valence-electron chi connectivity index (χ0n) is 13.7. The third-order valence-electron chi connectivity index (χ3n) is 4.59. The van der Waals surface area contributed by atoms with Crippen LogP contribution in [0.1, 0.15) is 45.6 Å². The number of hydrogen-bond donors (Lipinski definition) is 1. The largest absolute Gasteiger partial charge is 0.331 e. The molecule has 0 spiro atoms. The first-order valence-corrected chi connectivity index (χ1v) is 7.89. The van der Waals surface area contributed by atoms with Crippen LogP contribution in [-0.4, -0.2) is 26.8 Å². The molecule has 0 saturated heterocycles. The molecule has 120 valence electrons. The number of pyridine rings is 2. The average molecular weight is 311 g/mol. The zero-order chi connectivity index (χ0) is 16.6. The Kier molecular flexibility index (Phi) is 4.03. The van der Waals surface area contributed by atoms with Crippen LogP contribution in [0.4, 0.5) is 0 Å². The number of H-pyrrole nitrogens is 1. The van der Waals surface area contributed by atoms with Crippen molar-refractivity contribution in [3.05, 3.63) is 62.8 Å². The third-order valence-corrected chi connectivity index (χ3v) is 4.59. The second-order valence-corrected chi connectivity index (χ2v) is 6.22. The maximum Gasteiger partial charge on any atom is 0.261 e. The molecule has 0 bridgehead atoms. The van der Waals surface area contributed by atoms with Crippen LogP contribution in [0.2, 0.25) is 0 Å². The van der Waals surface area contributed by atoms with Gasteiger partial charge in [0.2, 0.25) is 0 Å². The predicted molar refractivity (Wildman–Crippen MR) is 88.4 cm³/mol. The summed E-state index contributed by atoms with van der Waals surface area (Å²) < 4.78 is 0. The van der Waals surface area contributed by atoms with Gasteiger partial charge in [0.05, 0.1) is 0 Å². The van der Waals surface area contributed by atoms with Gasteiger partial charge >= 0.3 is 0 Å². The van der Waals surface area contributed by atoms with E-state index in [1.807, 2.05) is 37.8 Å². The summed E-state index contributed by atoms with van der Waals surface area (Å²) in [6.07, 6.45) is 5.44. The molecule has 0 aromatic carbocycles. The van der Waals surface area contributed by atoms with Gasteiger partial charge < -0.3 is 9.88 Å². The van der Waals surface area contributed by atoms with Crippen molar-refractivity contribution in [3.8, 4) is 0 Å². The van der Waals surface area contributed by atoms with Gasteiger partial charge in [-0.2, -0.15) is 0 Å². The highest BCUT2D eigenvalue weighted by atomic mass is 16.2. The van der Waals surface area contributed by atoms with Crippen molar-refractivity contribution < 1.29 is 4.79 Å². The van der Waals surface area contributed by atoms with Gasteiger partial charge in [-0.05, 0) is 62.4 Å². The van der Waals surface area contributed by atoms with E-state index in [1.54, 1.807) is 12.4 Å². The van der Waals surface area contributed by atoms with Gasteiger partial charge in [0.15, 0.2) is 0 Å². The number of nitrogens with one attached hydrogen (secondary N) is 1. The fraction of sp³-hybridized carbons (Fsp3) is 0.389. The van der Waals surface area contributed by atoms with Crippen LogP contribution in [-0.2, 0) is 6.54 Å². The highest BCUT2D eigenvalue weighted by Crippen LogP contribution is 2.30. The summed E-state index contributed by atoms with van der Waals surface area (Å²) in [6.45, 7) is 6.15. The lowest BCUT2D eigenvalue weighted by molar-refractivity contribution is 0.0727. The molecule has 2 heterocycles. The molecule has 0 atom stereocenters. The van der Waals surface area contributed by atoms with E-state index < -0.39 is 0 Å². The van der Waals surface area contributed by atoms with E-state index >= 15 is 0 Å². The van der Waals surface area contributed by atoms with Crippen LogP contribution in [0, 0.1) is 20.8 Å². The first-order valence-electron chi connectivity index (χ1n) is 7.89. The van der Waals surface area contributed by atoms with E-state index in [4.69, 9.17) is 0 Å². The second kappa shape index (κ2) is 5.99. The van der Waals surface area contributed by atoms with Crippen molar-refractivity contribution >= 4 is 5.91 Å². The Bertz CT molecular complexity index is 792. The fourth-order valence-corrected chi connectivity index (χ4v) is 2.80. The fourth-order valence-electron chi connectivity index (χ4n) is 2.80. The van der Waals surface area contributed by atoms with Crippen LogP contribution < -0.4 is 5.56 Å². The highest BCUT2D eigenvalue weighted by Gasteiger charge is 2.34. The van der Waals surface area contributed by atoms with Crippen molar-refractivity contribution in [1.82, 2.24) is 14.9 Å². The number of carbonyl (C=O) groups is 1. The molecular formula is C18H21N3O2. The van der Waals surface area contributed by atoms with Crippen LogP contribution in [0.3, 0.4) is 0 Å². The number of amides is 1. The average Bonchev–Trinajstić information content (AvgIpc) is 3.36. The summed E-state index contributed by atoms with van der Waals surface area (Å²) in [7, 11) is 0. The summed E-state index contributed by atoms with van der Waals surface area (Å²) in [5.74, 6) is -0.175. The molecule has 5 heteroatoms. The Morgan fingerprint density at radius 1 is 1.22 bits per heavy atom. The number of aryl methyl sites for hydroxylation is 1. The first kappa shape index (κ1) is 15.5. The molecule has 1 aliphatic rings. The number of aromatic amines is 1. The van der Waals surface area contributed by atoms with Gasteiger partial charge in [0.25, 0.3) is 11.5 Å². The Balaban J connectivity index is 1.97. The molecule has 3 rings (SSSR count). The molecule has 1 amide bonds. The van der Waals surface area contributed by atoms with E-state index in [9.17, 15) is 9.59 Å². The van der Waals surface area contributed by atoms with E-state index in [0.717, 1.165) is 35.2 Å². The summed E-state index contributed by atoms with van der Waals surface area (Å²) >= 11 is 0. The maximum atomic E-state index is 13.0. The monoisotopic (exact) mass is 311 g/mol. The minimum atomic E-state index is -0.295. The smallest absolute Gasteiger partial charge is 0.261 e. The molecular weight excluding hydrogens is 290 g/mol. The van der Waals surface area contributed by atoms with Crippen LogP contribution in [0.5, 0.6) is 0 Å². The van der Waals surface area contributed by atoms with Crippen molar-refractivity contribution in [3.63, 3.8) is 0 Å². The number of nitrogens with zero attached hydrogens (tertiary/aromatic N) is 2. The quantitative estimate of drug-likeness (QED) is 0.943. The second-order valence-electron chi connectivity index (χ2n) is 6.22. The Morgan fingerprint density at radius 2 is 1.87 bits per heavy atom. The van der Waals surface area contributed by atoms with Crippen molar-refractivity contribution in [2.75, 3.05) is 0 Å². The summed E-state index contributed by atoms with van der Waals surface area (Å²) in [5, 5.41) is 0. The van der Waals surface area contributed by atoms with Gasteiger partial charge in [-0.3, -0.25) is 14.6 Å². The lowest BCUT2D eigenvalue weighted by Crippen LogP contribution is -2.37. The molecule has 1 aliphatic carbocycles. The highest BCUT2D eigenvalue weighted by molar-refractivity contribution is 5.96. The molecule has 1 saturated carbocycles. The van der Waals surface area contributed by atoms with Gasteiger partial charge in [-0.25, -0.2) is 0 Å². The standard InChI is InChI=1S/C18H21N3O2/c1-11-12(2)16(17(22)20-13(11)3)18(23)21(15-4-5-15)10-14-6-8-19-9-7-14/h6-9,15H,4-5,10H2,1-3H3,(H,20,22). The van der Waals surface area contributed by atoms with Gasteiger partial charge in [0, 0.05) is 30.7 Å². The lowest BCUT2D eigenvalue weighted by Gasteiger charge is -2.23. The molecule has 2 aromatic heterocycles. The summed E-state index contributed by atoms with van der Waals surface area (Å²) in [5.41, 5.74) is 3.56. The lowest BCUT2D eigenvalue weighted by atomic mass is 10.0. The van der Waals surface area contributed by atoms with Crippen molar-refractivity contribution in [2.24, 2.45) is 0 Å². The summed E-state index contributed by atoms with van der Waals surface area (Å²) in [4.78, 5) is 34.0. The number of aromatic nitrogens is 2. The third kappa shape index (κ3) is 3.04. The van der Waals surface area contributed by atoms with Crippen LogP contribution in [0.25, 0.3) is 0 Å². The maximum absolute atomic E-state index is 13.0. The van der Waals surface area contributed by atoms with Gasteiger partial charge in [-0.15, -0.1) is 0 Å². The van der Waals surface area contributed by atoms with E-state index in [-0.39, 0.29) is 23.1 Å². The van der Waals surface area contributed by atoms with Gasteiger partial charge in [0.1, 0.15) is 5.56 Å². The number of rotatable bonds is 4. The summed E-state index contributed by atoms with van der Waals surface area (Å²) in [6, 6.07) is 4.04. The Labute approximate surface area is 135 Å². The normalized spacial score (nSPS) is 13.9. The van der Waals surface area contributed by atoms with Crippen LogP contribution >= 0.6 is 0 Å². The minimum Gasteiger partial charge on any atom is -0.331 e. The molecule has 0 radical (unpaired) electrons. The molecule has 1 fully saturated rings. The predicted octanol–water partition coefficient (Wildman–Crippen LogP) is 2.50. The SMILES string of the molecule is Cc1[nH]c(=O)c(C(=O)N(Cc2ccncc2)C2CC2)c(C)c1C. The van der Waals surface area contributed by atoms with E-state index in [0.29, 0.717) is 6.54 Å². The molecule has 23 heavy (non-hydrogen) atoms. The first-order chi connectivity index (χ1) is 11.0. The Morgan fingerprint density at radius 3 is 2.48 bits per heavy atom. The van der Waals surface area contributed by atoms with Crippen molar-refractivity contribution in [2.45, 2.75) is 46.2 Å². The number of hydrogen-bond acceptors (Lipinski definition) is 3. The molecule has 5 nitrogen and oxygen atoms in total. The topological polar surface area (TPSA) is 66.1 Å². The molecule has 0 unspecified atom stereocenters. The van der Waals surface area contributed by atoms with E-state index in [2.05, 4.69) is 9.97 Å². The van der Waals surface area contributed by atoms with Gasteiger partial charge in [-0.1, -0.05) is 0 Å². The van der Waals surface area contributed by atoms with Crippen LogP contribution in [0.15, 0.2) is 29.3 Å².